The number of amides is 1. The van der Waals surface area contributed by atoms with Gasteiger partial charge in [-0.1, -0.05) is 0 Å². The highest BCUT2D eigenvalue weighted by molar-refractivity contribution is 5.73. The van der Waals surface area contributed by atoms with Gasteiger partial charge in [0.25, 0.3) is 0 Å². The van der Waals surface area contributed by atoms with Crippen LogP contribution in [0.5, 0.6) is 0 Å². The van der Waals surface area contributed by atoms with Gasteiger partial charge in [0.05, 0.1) is 6.61 Å². The Hall–Kier alpha value is -1.62. The van der Waals surface area contributed by atoms with E-state index in [2.05, 4.69) is 10.2 Å². The number of halogens is 1. The fourth-order valence-corrected chi connectivity index (χ4v) is 2.54. The van der Waals surface area contributed by atoms with Gasteiger partial charge in [0.1, 0.15) is 5.82 Å². The summed E-state index contributed by atoms with van der Waals surface area (Å²) in [6, 6.07) is 4.70. The first-order valence-electron chi connectivity index (χ1n) is 6.51. The first-order valence-corrected chi connectivity index (χ1v) is 6.51. The molecule has 19 heavy (non-hydrogen) atoms. The standard InChI is InChI=1S/C14H19FN2O2/c1-10(19)16-13-4-6-17(7-5-13)14-3-2-12(15)8-11(14)9-18/h2-3,8,13,18H,4-7,9H2,1H3,(H,16,19). The lowest BCUT2D eigenvalue weighted by Crippen LogP contribution is -2.44. The normalized spacial score (nSPS) is 16.5. The van der Waals surface area contributed by atoms with Crippen molar-refractivity contribution in [3.05, 3.63) is 29.6 Å². The molecule has 0 aliphatic carbocycles. The summed E-state index contributed by atoms with van der Waals surface area (Å²) in [4.78, 5) is 13.1. The van der Waals surface area contributed by atoms with Crippen LogP contribution in [0.1, 0.15) is 25.3 Å². The van der Waals surface area contributed by atoms with Gasteiger partial charge in [-0.25, -0.2) is 4.39 Å². The quantitative estimate of drug-likeness (QED) is 0.870. The zero-order chi connectivity index (χ0) is 13.8. The lowest BCUT2D eigenvalue weighted by molar-refractivity contribution is -0.119. The van der Waals surface area contributed by atoms with Crippen molar-refractivity contribution in [1.29, 1.82) is 0 Å². The van der Waals surface area contributed by atoms with E-state index >= 15 is 0 Å². The number of benzene rings is 1. The molecular weight excluding hydrogens is 247 g/mol. The largest absolute Gasteiger partial charge is 0.392 e. The third kappa shape index (κ3) is 3.44. The molecule has 1 heterocycles. The van der Waals surface area contributed by atoms with E-state index in [-0.39, 0.29) is 24.4 Å². The van der Waals surface area contributed by atoms with Crippen LogP contribution < -0.4 is 10.2 Å². The molecule has 2 N–H and O–H groups in total. The molecule has 1 amide bonds. The molecule has 1 aliphatic rings. The average molecular weight is 266 g/mol. The minimum atomic E-state index is -0.332. The fraction of sp³-hybridized carbons (Fsp3) is 0.500. The number of carbonyl (C=O) groups is 1. The summed E-state index contributed by atoms with van der Waals surface area (Å²) >= 11 is 0. The predicted molar refractivity (Wildman–Crippen MR) is 71.4 cm³/mol. The van der Waals surface area contributed by atoms with Crippen LogP contribution in [-0.4, -0.2) is 30.1 Å². The molecule has 0 unspecified atom stereocenters. The highest BCUT2D eigenvalue weighted by atomic mass is 19.1. The van der Waals surface area contributed by atoms with E-state index in [1.807, 2.05) is 0 Å². The van der Waals surface area contributed by atoms with Gasteiger partial charge in [0, 0.05) is 37.3 Å². The van der Waals surface area contributed by atoms with Crippen molar-refractivity contribution in [2.75, 3.05) is 18.0 Å². The molecule has 0 spiro atoms. The highest BCUT2D eigenvalue weighted by Crippen LogP contribution is 2.25. The molecule has 0 bridgehead atoms. The summed E-state index contributed by atoms with van der Waals surface area (Å²) in [5.74, 6) is -0.336. The third-order valence-electron chi connectivity index (χ3n) is 3.45. The summed E-state index contributed by atoms with van der Waals surface area (Å²) in [6.45, 7) is 2.95. The number of carbonyl (C=O) groups excluding carboxylic acids is 1. The first kappa shape index (κ1) is 13.8. The highest BCUT2D eigenvalue weighted by Gasteiger charge is 2.21. The molecule has 0 atom stereocenters. The topological polar surface area (TPSA) is 52.6 Å². The van der Waals surface area contributed by atoms with Gasteiger partial charge < -0.3 is 15.3 Å². The maximum Gasteiger partial charge on any atom is 0.217 e. The molecule has 0 radical (unpaired) electrons. The third-order valence-corrected chi connectivity index (χ3v) is 3.45. The number of anilines is 1. The Bertz CT molecular complexity index is 457. The second-order valence-electron chi connectivity index (χ2n) is 4.89. The van der Waals surface area contributed by atoms with Crippen LogP contribution in [0.4, 0.5) is 10.1 Å². The van der Waals surface area contributed by atoms with Gasteiger partial charge in [0.2, 0.25) is 5.91 Å². The number of aliphatic hydroxyl groups is 1. The van der Waals surface area contributed by atoms with Gasteiger partial charge in [-0.15, -0.1) is 0 Å². The lowest BCUT2D eigenvalue weighted by Gasteiger charge is -2.34. The van der Waals surface area contributed by atoms with Crippen LogP contribution in [0.25, 0.3) is 0 Å². The number of nitrogens with one attached hydrogen (secondary N) is 1. The maximum absolute atomic E-state index is 13.1. The molecular formula is C14H19FN2O2. The van der Waals surface area contributed by atoms with Crippen molar-refractivity contribution >= 4 is 11.6 Å². The number of hydrogen-bond donors (Lipinski definition) is 2. The Morgan fingerprint density at radius 2 is 2.16 bits per heavy atom. The van der Waals surface area contributed by atoms with E-state index in [1.165, 1.54) is 19.1 Å². The van der Waals surface area contributed by atoms with Gasteiger partial charge in [-0.3, -0.25) is 4.79 Å². The summed E-state index contributed by atoms with van der Waals surface area (Å²) in [6.07, 6.45) is 1.73. The smallest absolute Gasteiger partial charge is 0.217 e. The fourth-order valence-electron chi connectivity index (χ4n) is 2.54. The van der Waals surface area contributed by atoms with Gasteiger partial charge >= 0.3 is 0 Å². The van der Waals surface area contributed by atoms with E-state index < -0.39 is 0 Å². The van der Waals surface area contributed by atoms with Crippen molar-refractivity contribution in [3.63, 3.8) is 0 Å². The van der Waals surface area contributed by atoms with E-state index in [1.54, 1.807) is 6.07 Å². The van der Waals surface area contributed by atoms with Gasteiger partial charge in [0.15, 0.2) is 0 Å². The molecule has 4 nitrogen and oxygen atoms in total. The molecule has 1 aliphatic heterocycles. The Morgan fingerprint density at radius 1 is 1.47 bits per heavy atom. The van der Waals surface area contributed by atoms with Gasteiger partial charge in [-0.05, 0) is 31.0 Å². The van der Waals surface area contributed by atoms with E-state index in [4.69, 9.17) is 0 Å². The minimum absolute atomic E-state index is 0.00344. The number of aliphatic hydroxyl groups excluding tert-OH is 1. The Morgan fingerprint density at radius 3 is 2.74 bits per heavy atom. The zero-order valence-corrected chi connectivity index (χ0v) is 11.0. The average Bonchev–Trinajstić information content (AvgIpc) is 2.39. The van der Waals surface area contributed by atoms with Crippen molar-refractivity contribution in [3.8, 4) is 0 Å². The number of rotatable bonds is 3. The summed E-state index contributed by atoms with van der Waals surface area (Å²) < 4.78 is 13.1. The minimum Gasteiger partial charge on any atom is -0.392 e. The van der Waals surface area contributed by atoms with Crippen LogP contribution in [0.2, 0.25) is 0 Å². The molecule has 1 fully saturated rings. The van der Waals surface area contributed by atoms with Crippen molar-refractivity contribution in [1.82, 2.24) is 5.32 Å². The number of piperidine rings is 1. The van der Waals surface area contributed by atoms with Crippen LogP contribution in [0.15, 0.2) is 18.2 Å². The first-order chi connectivity index (χ1) is 9.10. The van der Waals surface area contributed by atoms with E-state index in [9.17, 15) is 14.3 Å². The SMILES string of the molecule is CC(=O)NC1CCN(c2ccc(F)cc2CO)CC1. The van der Waals surface area contributed by atoms with E-state index in [0.29, 0.717) is 5.56 Å². The molecule has 104 valence electrons. The Balaban J connectivity index is 2.03. The van der Waals surface area contributed by atoms with E-state index in [0.717, 1.165) is 31.6 Å². The molecule has 5 heteroatoms. The number of hydrogen-bond acceptors (Lipinski definition) is 3. The molecule has 1 aromatic rings. The monoisotopic (exact) mass is 266 g/mol. The van der Waals surface area contributed by atoms with Crippen LogP contribution in [0.3, 0.4) is 0 Å². The summed E-state index contributed by atoms with van der Waals surface area (Å²) in [5.41, 5.74) is 1.49. The Labute approximate surface area is 112 Å². The van der Waals surface area contributed by atoms with Crippen LogP contribution in [0, 0.1) is 5.82 Å². The molecule has 1 aromatic carbocycles. The molecule has 1 saturated heterocycles. The number of nitrogens with zero attached hydrogens (tertiary/aromatic N) is 1. The molecule has 2 rings (SSSR count). The second kappa shape index (κ2) is 6.02. The predicted octanol–water partition coefficient (Wildman–Crippen LogP) is 1.42. The summed E-state index contributed by atoms with van der Waals surface area (Å²) in [7, 11) is 0. The zero-order valence-electron chi connectivity index (χ0n) is 11.0. The molecule has 0 saturated carbocycles. The van der Waals surface area contributed by atoms with Crippen LogP contribution in [-0.2, 0) is 11.4 Å². The van der Waals surface area contributed by atoms with Gasteiger partial charge in [-0.2, -0.15) is 0 Å². The van der Waals surface area contributed by atoms with Crippen molar-refractivity contribution in [2.45, 2.75) is 32.4 Å². The molecule has 0 aromatic heterocycles. The van der Waals surface area contributed by atoms with Crippen molar-refractivity contribution < 1.29 is 14.3 Å². The maximum atomic E-state index is 13.1. The van der Waals surface area contributed by atoms with Crippen molar-refractivity contribution in [2.24, 2.45) is 0 Å². The second-order valence-corrected chi connectivity index (χ2v) is 4.89. The lowest BCUT2D eigenvalue weighted by atomic mass is 10.0. The van der Waals surface area contributed by atoms with Crippen LogP contribution >= 0.6 is 0 Å². The summed E-state index contributed by atoms with van der Waals surface area (Å²) in [5, 5.41) is 12.2. The Kier molecular flexibility index (Phi) is 4.37.